The molecule has 1 aliphatic rings. The number of pyridine rings is 1. The number of nitrogen functional groups attached to an aromatic ring is 1. The number of anilines is 3. The van der Waals surface area contributed by atoms with Gasteiger partial charge in [0.25, 0.3) is 0 Å². The molecule has 0 unspecified atom stereocenters. The molecule has 184 valence electrons. The second kappa shape index (κ2) is 11.4. The van der Waals surface area contributed by atoms with Crippen LogP contribution in [0.2, 0.25) is 0 Å². The van der Waals surface area contributed by atoms with Gasteiger partial charge in [-0.05, 0) is 63.5 Å². The Balaban J connectivity index is 1.55. The Morgan fingerprint density at radius 1 is 1.11 bits per heavy atom. The zero-order valence-corrected chi connectivity index (χ0v) is 22.9. The normalized spacial score (nSPS) is 14.6. The molecule has 3 N–H and O–H groups in total. The smallest absolute Gasteiger partial charge is 0.163 e. The lowest BCUT2D eigenvalue weighted by Crippen LogP contribution is -2.44. The van der Waals surface area contributed by atoms with Crippen molar-refractivity contribution in [2.75, 3.05) is 64.5 Å². The number of nitrogens with one attached hydrogen (secondary N) is 1. The Labute approximate surface area is 222 Å². The van der Waals surface area contributed by atoms with Crippen molar-refractivity contribution in [3.63, 3.8) is 0 Å². The van der Waals surface area contributed by atoms with Crippen molar-refractivity contribution in [3.8, 4) is 17.6 Å². The first-order chi connectivity index (χ1) is 16.9. The fourth-order valence-corrected chi connectivity index (χ4v) is 5.22. The summed E-state index contributed by atoms with van der Waals surface area (Å²) in [5.74, 6) is 1.23. The topological polar surface area (TPSA) is 99.7 Å². The molecule has 4 rings (SSSR count). The van der Waals surface area contributed by atoms with E-state index >= 15 is 0 Å². The minimum atomic E-state index is 0.421. The lowest BCUT2D eigenvalue weighted by atomic mass is 10.1. The number of benzene rings is 2. The number of piperazine rings is 1. The van der Waals surface area contributed by atoms with Crippen LogP contribution in [0, 0.1) is 11.3 Å². The number of hydrogen-bond donors (Lipinski definition) is 2. The van der Waals surface area contributed by atoms with E-state index in [9.17, 15) is 5.26 Å². The third kappa shape index (κ3) is 5.98. The molecule has 0 radical (unpaired) electrons. The van der Waals surface area contributed by atoms with Crippen molar-refractivity contribution in [2.24, 2.45) is 0 Å². The molecule has 1 saturated heterocycles. The summed E-state index contributed by atoms with van der Waals surface area (Å²) in [6, 6.07) is 9.68. The number of halogens is 2. The predicted molar refractivity (Wildman–Crippen MR) is 147 cm³/mol. The van der Waals surface area contributed by atoms with Gasteiger partial charge >= 0.3 is 0 Å². The number of nitriles is 1. The van der Waals surface area contributed by atoms with E-state index in [2.05, 4.69) is 65.1 Å². The lowest BCUT2D eigenvalue weighted by Gasteiger charge is -2.32. The van der Waals surface area contributed by atoms with Gasteiger partial charge in [0.1, 0.15) is 6.07 Å². The minimum absolute atomic E-state index is 0.421. The number of methoxy groups -OCH3 is 1. The van der Waals surface area contributed by atoms with Crippen LogP contribution in [0.25, 0.3) is 10.9 Å². The molecule has 0 amide bonds. The number of hydrogen-bond acceptors (Lipinski definition) is 8. The summed E-state index contributed by atoms with van der Waals surface area (Å²) in [6.45, 7) is 6.00. The summed E-state index contributed by atoms with van der Waals surface area (Å²) in [6.07, 6.45) is 2.50. The molecule has 2 heterocycles. The van der Waals surface area contributed by atoms with Gasteiger partial charge in [0.15, 0.2) is 11.5 Å². The first-order valence-electron chi connectivity index (χ1n) is 11.4. The SMILES string of the molecule is COc1cc2c(Nc3cc(Br)c(N)c(Br)c3)c(C#N)cnc2cc1OCCCN1CCN(C)CC1. The van der Waals surface area contributed by atoms with Gasteiger partial charge in [-0.3, -0.25) is 4.98 Å². The number of rotatable bonds is 8. The van der Waals surface area contributed by atoms with Crippen molar-refractivity contribution >= 4 is 59.8 Å². The van der Waals surface area contributed by atoms with Crippen molar-refractivity contribution in [3.05, 3.63) is 45.0 Å². The first-order valence-corrected chi connectivity index (χ1v) is 12.9. The number of fused-ring (bicyclic) bond motifs is 1. The molecule has 0 aliphatic carbocycles. The molecule has 0 spiro atoms. The first kappa shape index (κ1) is 25.5. The molecule has 35 heavy (non-hydrogen) atoms. The third-order valence-corrected chi connectivity index (χ3v) is 7.41. The number of ether oxygens (including phenoxy) is 2. The van der Waals surface area contributed by atoms with E-state index in [0.717, 1.165) is 59.2 Å². The molecule has 0 bridgehead atoms. The summed E-state index contributed by atoms with van der Waals surface area (Å²) in [7, 11) is 3.77. The second-order valence-electron chi connectivity index (χ2n) is 8.50. The Kier molecular flexibility index (Phi) is 8.34. The van der Waals surface area contributed by atoms with Gasteiger partial charge in [-0.25, -0.2) is 0 Å². The number of nitrogens with zero attached hydrogens (tertiary/aromatic N) is 4. The largest absolute Gasteiger partial charge is 0.493 e. The Morgan fingerprint density at radius 2 is 1.83 bits per heavy atom. The third-order valence-electron chi connectivity index (χ3n) is 6.09. The van der Waals surface area contributed by atoms with Crippen LogP contribution < -0.4 is 20.5 Å². The molecule has 3 aromatic rings. The second-order valence-corrected chi connectivity index (χ2v) is 10.2. The molecule has 1 aliphatic heterocycles. The Bertz CT molecular complexity index is 1230. The van der Waals surface area contributed by atoms with Crippen molar-refractivity contribution in [1.29, 1.82) is 5.26 Å². The van der Waals surface area contributed by atoms with Crippen molar-refractivity contribution in [1.82, 2.24) is 14.8 Å². The number of nitrogens with two attached hydrogens (primary N) is 1. The quantitative estimate of drug-likeness (QED) is 0.275. The zero-order chi connectivity index (χ0) is 24.9. The molecule has 1 aromatic heterocycles. The van der Waals surface area contributed by atoms with E-state index in [-0.39, 0.29) is 0 Å². The van der Waals surface area contributed by atoms with Gasteiger partial charge < -0.3 is 30.3 Å². The monoisotopic (exact) mass is 602 g/mol. The number of likely N-dealkylation sites (N-methyl/N-ethyl adjacent to an activating group) is 1. The standard InChI is InChI=1S/C25H28Br2N6O2/c1-32-5-7-33(8-6-32)4-3-9-35-23-13-21-18(12-22(23)34-2)25(16(14-28)15-30-21)31-17-10-19(26)24(29)20(27)11-17/h10-13,15H,3-9,29H2,1-2H3,(H,30,31). The van der Waals surface area contributed by atoms with Crippen LogP contribution >= 0.6 is 31.9 Å². The van der Waals surface area contributed by atoms with Gasteiger partial charge in [-0.15, -0.1) is 0 Å². The van der Waals surface area contributed by atoms with E-state index in [0.29, 0.717) is 40.6 Å². The van der Waals surface area contributed by atoms with Gasteiger partial charge in [-0.2, -0.15) is 5.26 Å². The van der Waals surface area contributed by atoms with Gasteiger partial charge in [0.2, 0.25) is 0 Å². The van der Waals surface area contributed by atoms with Crippen LogP contribution in [-0.2, 0) is 0 Å². The maximum Gasteiger partial charge on any atom is 0.163 e. The van der Waals surface area contributed by atoms with Gasteiger partial charge in [0.05, 0.1) is 36.2 Å². The molecular weight excluding hydrogens is 576 g/mol. The summed E-state index contributed by atoms with van der Waals surface area (Å²) < 4.78 is 13.2. The van der Waals surface area contributed by atoms with E-state index in [1.807, 2.05) is 24.3 Å². The predicted octanol–water partition coefficient (Wildman–Crippen LogP) is 4.98. The number of aromatic nitrogens is 1. The maximum atomic E-state index is 9.72. The van der Waals surface area contributed by atoms with Crippen LogP contribution in [0.15, 0.2) is 39.4 Å². The Morgan fingerprint density at radius 3 is 2.49 bits per heavy atom. The molecule has 0 saturated carbocycles. The summed E-state index contributed by atoms with van der Waals surface area (Å²) in [4.78, 5) is 9.32. The van der Waals surface area contributed by atoms with Crippen molar-refractivity contribution < 1.29 is 9.47 Å². The van der Waals surface area contributed by atoms with Crippen LogP contribution in [-0.4, -0.2) is 68.3 Å². The molecule has 0 atom stereocenters. The van der Waals surface area contributed by atoms with Crippen LogP contribution in [0.1, 0.15) is 12.0 Å². The zero-order valence-electron chi connectivity index (χ0n) is 19.8. The fourth-order valence-electron chi connectivity index (χ4n) is 4.03. The van der Waals surface area contributed by atoms with Crippen molar-refractivity contribution in [2.45, 2.75) is 6.42 Å². The summed E-state index contributed by atoms with van der Waals surface area (Å²) >= 11 is 6.94. The molecule has 10 heteroatoms. The van der Waals surface area contributed by atoms with Gasteiger partial charge in [-0.1, -0.05) is 0 Å². The average molecular weight is 604 g/mol. The van der Waals surface area contributed by atoms with E-state index in [1.165, 1.54) is 0 Å². The van der Waals surface area contributed by atoms with Crippen LogP contribution in [0.5, 0.6) is 11.5 Å². The fraction of sp³-hybridized carbons (Fsp3) is 0.360. The maximum absolute atomic E-state index is 9.72. The lowest BCUT2D eigenvalue weighted by molar-refractivity contribution is 0.145. The van der Waals surface area contributed by atoms with E-state index in [4.69, 9.17) is 15.2 Å². The minimum Gasteiger partial charge on any atom is -0.493 e. The highest BCUT2D eigenvalue weighted by molar-refractivity contribution is 9.11. The molecular formula is C25H28Br2N6O2. The van der Waals surface area contributed by atoms with E-state index < -0.39 is 0 Å². The van der Waals surface area contributed by atoms with E-state index in [1.54, 1.807) is 13.3 Å². The molecule has 1 fully saturated rings. The highest BCUT2D eigenvalue weighted by Gasteiger charge is 2.16. The molecule has 2 aromatic carbocycles. The summed E-state index contributed by atoms with van der Waals surface area (Å²) in [5.41, 5.74) is 9.16. The highest BCUT2D eigenvalue weighted by atomic mass is 79.9. The molecule has 8 nitrogen and oxygen atoms in total. The highest BCUT2D eigenvalue weighted by Crippen LogP contribution is 2.39. The summed E-state index contributed by atoms with van der Waals surface area (Å²) in [5, 5.41) is 13.8. The Hall–Kier alpha value is -2.58. The average Bonchev–Trinajstić information content (AvgIpc) is 2.86. The van der Waals surface area contributed by atoms with Crippen LogP contribution in [0.3, 0.4) is 0 Å². The van der Waals surface area contributed by atoms with Gasteiger partial charge in [0, 0.05) is 65.0 Å². The van der Waals surface area contributed by atoms with Crippen LogP contribution in [0.4, 0.5) is 17.1 Å².